The van der Waals surface area contributed by atoms with Crippen molar-refractivity contribution in [2.24, 2.45) is 5.92 Å². The normalized spacial score (nSPS) is 26.6. The monoisotopic (exact) mass is 306 g/mol. The van der Waals surface area contributed by atoms with Crippen molar-refractivity contribution in [1.29, 1.82) is 0 Å². The third-order valence-electron chi connectivity index (χ3n) is 3.71. The van der Waals surface area contributed by atoms with Crippen LogP contribution in [0.25, 0.3) is 0 Å². The Bertz CT molecular complexity index is 515. The fourth-order valence-electron chi connectivity index (χ4n) is 2.58. The number of nitrogens with zero attached hydrogens (tertiary/aromatic N) is 1. The molecule has 5 nitrogen and oxygen atoms in total. The molecule has 0 aromatic carbocycles. The lowest BCUT2D eigenvalue weighted by atomic mass is 9.77. The molecule has 2 atom stereocenters. The van der Waals surface area contributed by atoms with Crippen LogP contribution in [0.4, 0.5) is 13.2 Å². The average molecular weight is 306 g/mol. The van der Waals surface area contributed by atoms with Crippen molar-refractivity contribution < 1.29 is 27.6 Å². The van der Waals surface area contributed by atoms with E-state index in [0.717, 1.165) is 0 Å². The molecule has 0 saturated heterocycles. The number of aryl methyl sites for hydroxylation is 1. The Balaban J connectivity index is 1.93. The van der Waals surface area contributed by atoms with Crippen molar-refractivity contribution in [2.45, 2.75) is 44.4 Å². The summed E-state index contributed by atoms with van der Waals surface area (Å²) in [6.07, 6.45) is -4.19. The summed E-state index contributed by atoms with van der Waals surface area (Å²) in [4.78, 5) is 11.7. The zero-order valence-corrected chi connectivity index (χ0v) is 11.5. The van der Waals surface area contributed by atoms with E-state index in [1.165, 1.54) is 6.07 Å². The van der Waals surface area contributed by atoms with Gasteiger partial charge in [-0.3, -0.25) is 4.79 Å². The predicted octanol–water partition coefficient (Wildman–Crippen LogP) is 2.20. The topological polar surface area (TPSA) is 75.4 Å². The van der Waals surface area contributed by atoms with Gasteiger partial charge in [0.25, 0.3) is 5.91 Å². The van der Waals surface area contributed by atoms with Crippen LogP contribution in [0.3, 0.4) is 0 Å². The summed E-state index contributed by atoms with van der Waals surface area (Å²) in [5, 5.41) is 16.2. The molecule has 1 aliphatic carbocycles. The summed E-state index contributed by atoms with van der Waals surface area (Å²) < 4.78 is 42.9. The maximum atomic E-state index is 12.7. The fraction of sp³-hybridized carbons (Fsp3) is 0.692. The molecule has 0 unspecified atom stereocenters. The first-order valence-corrected chi connectivity index (χ1v) is 6.70. The van der Waals surface area contributed by atoms with Crippen LogP contribution in [0.2, 0.25) is 0 Å². The number of carbonyl (C=O) groups excluding carboxylic acids is 1. The molecule has 1 heterocycles. The molecular weight excluding hydrogens is 289 g/mol. The van der Waals surface area contributed by atoms with Gasteiger partial charge in [-0.15, -0.1) is 0 Å². The first-order chi connectivity index (χ1) is 9.70. The number of nitrogens with one attached hydrogen (secondary N) is 1. The number of aliphatic hydroxyl groups is 1. The second-order valence-electron chi connectivity index (χ2n) is 5.57. The van der Waals surface area contributed by atoms with Crippen LogP contribution in [0.15, 0.2) is 10.6 Å². The zero-order chi connectivity index (χ0) is 15.7. The molecule has 1 amide bonds. The van der Waals surface area contributed by atoms with Crippen LogP contribution in [0, 0.1) is 12.8 Å². The second-order valence-corrected chi connectivity index (χ2v) is 5.57. The highest BCUT2D eigenvalue weighted by molar-refractivity contribution is 5.91. The van der Waals surface area contributed by atoms with E-state index in [0.29, 0.717) is 5.69 Å². The maximum Gasteiger partial charge on any atom is 0.391 e. The van der Waals surface area contributed by atoms with E-state index < -0.39 is 30.0 Å². The zero-order valence-electron chi connectivity index (χ0n) is 11.5. The Labute approximate surface area is 119 Å². The smallest absolute Gasteiger partial charge is 0.388 e. The van der Waals surface area contributed by atoms with Gasteiger partial charge in [-0.2, -0.15) is 13.2 Å². The maximum absolute atomic E-state index is 12.7. The number of hydrogen-bond donors (Lipinski definition) is 2. The van der Waals surface area contributed by atoms with E-state index >= 15 is 0 Å². The molecule has 2 N–H and O–H groups in total. The number of amides is 1. The van der Waals surface area contributed by atoms with Gasteiger partial charge in [-0.1, -0.05) is 5.16 Å². The Kier molecular flexibility index (Phi) is 4.27. The minimum Gasteiger partial charge on any atom is -0.388 e. The molecule has 118 valence electrons. The summed E-state index contributed by atoms with van der Waals surface area (Å²) in [5.74, 6) is -2.15. The SMILES string of the molecule is Cc1cc(C(=O)NC[C@@]2(O)CCC[C@@H](C(F)(F)F)C2)on1. The van der Waals surface area contributed by atoms with E-state index in [1.807, 2.05) is 0 Å². The second kappa shape index (κ2) is 5.67. The number of carbonyl (C=O) groups is 1. The van der Waals surface area contributed by atoms with Crippen molar-refractivity contribution in [3.8, 4) is 0 Å². The first-order valence-electron chi connectivity index (χ1n) is 6.70. The third kappa shape index (κ3) is 3.96. The van der Waals surface area contributed by atoms with Crippen LogP contribution in [0.5, 0.6) is 0 Å². The average Bonchev–Trinajstić information content (AvgIpc) is 2.82. The van der Waals surface area contributed by atoms with E-state index in [-0.39, 0.29) is 31.6 Å². The lowest BCUT2D eigenvalue weighted by Crippen LogP contribution is -2.48. The first kappa shape index (κ1) is 15.8. The van der Waals surface area contributed by atoms with Gasteiger partial charge < -0.3 is 14.9 Å². The largest absolute Gasteiger partial charge is 0.391 e. The van der Waals surface area contributed by atoms with Gasteiger partial charge in [-0.05, 0) is 32.6 Å². The number of halogens is 3. The molecular formula is C13H17F3N2O3. The summed E-state index contributed by atoms with van der Waals surface area (Å²) >= 11 is 0. The predicted molar refractivity (Wildman–Crippen MR) is 66.5 cm³/mol. The summed E-state index contributed by atoms with van der Waals surface area (Å²) in [6, 6.07) is 1.42. The minimum absolute atomic E-state index is 0.0149. The van der Waals surface area contributed by atoms with Crippen molar-refractivity contribution >= 4 is 5.91 Å². The fourth-order valence-corrected chi connectivity index (χ4v) is 2.58. The Hall–Kier alpha value is -1.57. The Morgan fingerprint density at radius 1 is 1.62 bits per heavy atom. The van der Waals surface area contributed by atoms with Crippen LogP contribution in [-0.2, 0) is 0 Å². The van der Waals surface area contributed by atoms with Crippen LogP contribution in [0.1, 0.15) is 41.9 Å². The molecule has 8 heteroatoms. The number of aromatic nitrogens is 1. The number of hydrogen-bond acceptors (Lipinski definition) is 4. The van der Waals surface area contributed by atoms with Gasteiger partial charge in [0.15, 0.2) is 0 Å². The summed E-state index contributed by atoms with van der Waals surface area (Å²) in [6.45, 7) is 1.40. The molecule has 0 aliphatic heterocycles. The third-order valence-corrected chi connectivity index (χ3v) is 3.71. The highest BCUT2D eigenvalue weighted by Gasteiger charge is 2.47. The van der Waals surface area contributed by atoms with Gasteiger partial charge in [-0.25, -0.2) is 0 Å². The highest BCUT2D eigenvalue weighted by atomic mass is 19.4. The molecule has 0 radical (unpaired) electrons. The molecule has 1 saturated carbocycles. The highest BCUT2D eigenvalue weighted by Crippen LogP contribution is 2.41. The van der Waals surface area contributed by atoms with Crippen molar-refractivity contribution in [3.05, 3.63) is 17.5 Å². The molecule has 1 aromatic rings. The molecule has 2 rings (SSSR count). The minimum atomic E-state index is -4.32. The molecule has 0 bridgehead atoms. The summed E-state index contributed by atoms with van der Waals surface area (Å²) in [5.41, 5.74) is -1.02. The molecule has 1 aromatic heterocycles. The molecule has 1 aliphatic rings. The van der Waals surface area contributed by atoms with Gasteiger partial charge >= 0.3 is 6.18 Å². The standard InChI is InChI=1S/C13H17F3N2O3/c1-8-5-10(21-18-8)11(19)17-7-12(20)4-2-3-9(6-12)13(14,15)16/h5,9,20H,2-4,6-7H2,1H3,(H,17,19)/t9-,12-/m1/s1. The lowest BCUT2D eigenvalue weighted by Gasteiger charge is -2.37. The van der Waals surface area contributed by atoms with Gasteiger partial charge in [0.2, 0.25) is 5.76 Å². The quantitative estimate of drug-likeness (QED) is 0.897. The Morgan fingerprint density at radius 2 is 2.33 bits per heavy atom. The van der Waals surface area contributed by atoms with Gasteiger partial charge in [0.1, 0.15) is 0 Å². The van der Waals surface area contributed by atoms with E-state index in [4.69, 9.17) is 4.52 Å². The van der Waals surface area contributed by atoms with Crippen molar-refractivity contribution in [1.82, 2.24) is 10.5 Å². The Morgan fingerprint density at radius 3 is 2.90 bits per heavy atom. The van der Waals surface area contributed by atoms with Gasteiger partial charge in [0.05, 0.1) is 17.2 Å². The van der Waals surface area contributed by atoms with Crippen molar-refractivity contribution in [3.63, 3.8) is 0 Å². The lowest BCUT2D eigenvalue weighted by molar-refractivity contribution is -0.199. The van der Waals surface area contributed by atoms with Crippen LogP contribution < -0.4 is 5.32 Å². The van der Waals surface area contributed by atoms with E-state index in [1.54, 1.807) is 6.92 Å². The summed E-state index contributed by atoms with van der Waals surface area (Å²) in [7, 11) is 0. The van der Waals surface area contributed by atoms with Crippen LogP contribution >= 0.6 is 0 Å². The van der Waals surface area contributed by atoms with E-state index in [9.17, 15) is 23.1 Å². The van der Waals surface area contributed by atoms with Crippen molar-refractivity contribution in [2.75, 3.05) is 6.54 Å². The molecule has 1 fully saturated rings. The molecule has 0 spiro atoms. The van der Waals surface area contributed by atoms with E-state index in [2.05, 4.69) is 10.5 Å². The number of rotatable bonds is 3. The van der Waals surface area contributed by atoms with Crippen LogP contribution in [-0.4, -0.2) is 34.5 Å². The van der Waals surface area contributed by atoms with Gasteiger partial charge in [0, 0.05) is 12.6 Å². The molecule has 21 heavy (non-hydrogen) atoms. The number of alkyl halides is 3.